The quantitative estimate of drug-likeness (QED) is 0.215. The normalized spacial score (nSPS) is 18.5. The lowest BCUT2D eigenvalue weighted by molar-refractivity contribution is -0.132. The number of aromatic nitrogens is 1. The molecule has 0 saturated carbocycles. The fourth-order valence-electron chi connectivity index (χ4n) is 4.57. The zero-order valence-corrected chi connectivity index (χ0v) is 21.7. The molecule has 3 aromatic rings. The summed E-state index contributed by atoms with van der Waals surface area (Å²) in [6.07, 6.45) is 0. The average Bonchev–Trinajstić information content (AvgIpc) is 3.40. The van der Waals surface area contributed by atoms with Crippen LogP contribution in [0.2, 0.25) is 0 Å². The van der Waals surface area contributed by atoms with Crippen LogP contribution in [0.1, 0.15) is 64.8 Å². The molecule has 0 unspecified atom stereocenters. The Hall–Kier alpha value is -3.98. The van der Waals surface area contributed by atoms with Crippen molar-refractivity contribution in [3.8, 4) is 11.5 Å². The van der Waals surface area contributed by atoms with Crippen molar-refractivity contribution in [2.24, 2.45) is 0 Å². The smallest absolute Gasteiger partial charge is 0.301 e. The molecule has 1 N–H and O–H groups in total. The number of aryl methyl sites for hydroxylation is 1. The molecule has 1 aromatic heterocycles. The van der Waals surface area contributed by atoms with Crippen molar-refractivity contribution in [3.63, 3.8) is 0 Å². The Bertz CT molecular complexity index is 1450. The van der Waals surface area contributed by atoms with Crippen molar-refractivity contribution in [2.45, 2.75) is 39.7 Å². The van der Waals surface area contributed by atoms with Crippen LogP contribution in [0.25, 0.3) is 5.76 Å². The molecule has 1 saturated heterocycles. The van der Waals surface area contributed by atoms with Gasteiger partial charge in [-0.25, -0.2) is 4.98 Å². The second kappa shape index (κ2) is 9.48. The van der Waals surface area contributed by atoms with E-state index in [-0.39, 0.29) is 28.2 Å². The van der Waals surface area contributed by atoms with Gasteiger partial charge in [0.15, 0.2) is 22.4 Å². The van der Waals surface area contributed by atoms with Gasteiger partial charge >= 0.3 is 5.91 Å². The molecule has 0 spiro atoms. The van der Waals surface area contributed by atoms with E-state index in [2.05, 4.69) is 18.8 Å². The van der Waals surface area contributed by atoms with Crippen LogP contribution in [-0.4, -0.2) is 40.8 Å². The van der Waals surface area contributed by atoms with E-state index in [1.54, 1.807) is 25.1 Å². The van der Waals surface area contributed by atoms with Crippen LogP contribution >= 0.6 is 11.3 Å². The molecule has 1 fully saturated rings. The topological polar surface area (TPSA) is 106 Å². The Morgan fingerprint density at radius 3 is 2.38 bits per heavy atom. The average molecular weight is 519 g/mol. The molecular weight excluding hydrogens is 492 g/mol. The van der Waals surface area contributed by atoms with Gasteiger partial charge in [0, 0.05) is 12.5 Å². The summed E-state index contributed by atoms with van der Waals surface area (Å²) in [5.41, 5.74) is 2.48. The summed E-state index contributed by atoms with van der Waals surface area (Å²) in [4.78, 5) is 45.1. The molecule has 0 bridgehead atoms. The van der Waals surface area contributed by atoms with Gasteiger partial charge in [0.05, 0.1) is 22.2 Å². The Balaban J connectivity index is 1.69. The molecule has 0 aliphatic carbocycles. The number of fused-ring (bicyclic) bond motifs is 1. The molecule has 8 nitrogen and oxygen atoms in total. The first-order chi connectivity index (χ1) is 17.7. The summed E-state index contributed by atoms with van der Waals surface area (Å²) in [5.74, 6) is -0.868. The fraction of sp³-hybridized carbons (Fsp3) is 0.286. The minimum Gasteiger partial charge on any atom is -0.507 e. The highest BCUT2D eigenvalue weighted by Gasteiger charge is 2.48. The van der Waals surface area contributed by atoms with E-state index in [1.807, 2.05) is 24.3 Å². The van der Waals surface area contributed by atoms with Crippen LogP contribution < -0.4 is 14.4 Å². The van der Waals surface area contributed by atoms with E-state index in [0.717, 1.165) is 16.9 Å². The van der Waals surface area contributed by atoms with Crippen LogP contribution in [0, 0.1) is 6.92 Å². The molecule has 3 heterocycles. The Morgan fingerprint density at radius 1 is 1.08 bits per heavy atom. The van der Waals surface area contributed by atoms with Gasteiger partial charge in [-0.1, -0.05) is 49.4 Å². The minimum absolute atomic E-state index is 0.0591. The number of rotatable bonds is 5. The molecule has 1 amide bonds. The van der Waals surface area contributed by atoms with E-state index in [4.69, 9.17) is 9.47 Å². The second-order valence-electron chi connectivity index (χ2n) is 9.32. The van der Waals surface area contributed by atoms with Crippen molar-refractivity contribution in [3.05, 3.63) is 75.3 Å². The number of hydrogen-bond acceptors (Lipinski definition) is 8. The van der Waals surface area contributed by atoms with Crippen molar-refractivity contribution in [1.82, 2.24) is 4.98 Å². The van der Waals surface area contributed by atoms with Crippen molar-refractivity contribution >= 4 is 39.7 Å². The van der Waals surface area contributed by atoms with Crippen molar-refractivity contribution in [1.29, 1.82) is 0 Å². The number of ketones is 2. The third-order valence-corrected chi connectivity index (χ3v) is 7.75. The first-order valence-electron chi connectivity index (χ1n) is 12.0. The fourth-order valence-corrected chi connectivity index (χ4v) is 5.56. The lowest BCUT2D eigenvalue weighted by Crippen LogP contribution is -2.29. The third kappa shape index (κ3) is 4.29. The number of anilines is 1. The number of Topliss-reactive ketones (excluding diaryl/α,β-unsaturated/α-hetero) is 2. The van der Waals surface area contributed by atoms with E-state index in [9.17, 15) is 19.5 Å². The summed E-state index contributed by atoms with van der Waals surface area (Å²) in [7, 11) is 0. The van der Waals surface area contributed by atoms with E-state index in [0.29, 0.717) is 46.4 Å². The number of thiazole rings is 1. The van der Waals surface area contributed by atoms with Crippen LogP contribution in [-0.2, 0) is 9.59 Å². The SMILES string of the molecule is CC(=O)c1sc(N2C(=O)C(=O)/C(=C(/O)c3ccc4c(c3)OCCO4)[C@@H]2c2ccc(C(C)C)cc2)nc1C. The summed E-state index contributed by atoms with van der Waals surface area (Å²) >= 11 is 1.06. The van der Waals surface area contributed by atoms with Crippen molar-refractivity contribution < 1.29 is 29.0 Å². The number of carbonyl (C=O) groups excluding carboxylic acids is 3. The molecule has 37 heavy (non-hydrogen) atoms. The summed E-state index contributed by atoms with van der Waals surface area (Å²) in [6.45, 7) is 8.06. The van der Waals surface area contributed by atoms with Gasteiger partial charge in [0.2, 0.25) is 0 Å². The van der Waals surface area contributed by atoms with E-state index in [1.165, 1.54) is 11.8 Å². The molecule has 2 aliphatic heterocycles. The molecule has 2 aliphatic rings. The lowest BCUT2D eigenvalue weighted by atomic mass is 9.93. The number of ether oxygens (including phenoxy) is 2. The Labute approximate surface area is 218 Å². The highest BCUT2D eigenvalue weighted by molar-refractivity contribution is 7.18. The molecular formula is C28H26N2O6S. The van der Waals surface area contributed by atoms with Crippen molar-refractivity contribution in [2.75, 3.05) is 18.1 Å². The number of benzene rings is 2. The Kier molecular flexibility index (Phi) is 6.33. The molecule has 190 valence electrons. The van der Waals surface area contributed by atoms with Gasteiger partial charge in [-0.2, -0.15) is 0 Å². The maximum absolute atomic E-state index is 13.4. The summed E-state index contributed by atoms with van der Waals surface area (Å²) in [6, 6.07) is 11.5. The first kappa shape index (κ1) is 24.7. The highest BCUT2D eigenvalue weighted by Crippen LogP contribution is 2.45. The number of aliphatic hydroxyl groups excluding tert-OH is 1. The maximum Gasteiger partial charge on any atom is 0.301 e. The number of nitrogens with zero attached hydrogens (tertiary/aromatic N) is 2. The van der Waals surface area contributed by atoms with Crippen LogP contribution in [0.3, 0.4) is 0 Å². The van der Waals surface area contributed by atoms with Gasteiger partial charge in [0.1, 0.15) is 19.0 Å². The lowest BCUT2D eigenvalue weighted by Gasteiger charge is -2.24. The van der Waals surface area contributed by atoms with Crippen LogP contribution in [0.4, 0.5) is 5.13 Å². The molecule has 5 rings (SSSR count). The predicted octanol–water partition coefficient (Wildman–Crippen LogP) is 5.18. The van der Waals surface area contributed by atoms with Crippen LogP contribution in [0.5, 0.6) is 11.5 Å². The zero-order chi connectivity index (χ0) is 26.4. The first-order valence-corrected chi connectivity index (χ1v) is 12.8. The zero-order valence-electron chi connectivity index (χ0n) is 20.9. The number of carbonyl (C=O) groups is 3. The molecule has 9 heteroatoms. The molecule has 1 atom stereocenters. The summed E-state index contributed by atoms with van der Waals surface area (Å²) in [5, 5.41) is 11.6. The van der Waals surface area contributed by atoms with Gasteiger partial charge in [0.25, 0.3) is 5.78 Å². The van der Waals surface area contributed by atoms with Gasteiger partial charge in [-0.15, -0.1) is 0 Å². The Morgan fingerprint density at radius 2 is 1.76 bits per heavy atom. The highest BCUT2D eigenvalue weighted by atomic mass is 32.1. The van der Waals surface area contributed by atoms with Gasteiger partial charge < -0.3 is 14.6 Å². The summed E-state index contributed by atoms with van der Waals surface area (Å²) < 4.78 is 11.2. The largest absolute Gasteiger partial charge is 0.507 e. The van der Waals surface area contributed by atoms with E-state index < -0.39 is 17.7 Å². The predicted molar refractivity (Wildman–Crippen MR) is 140 cm³/mol. The number of aliphatic hydroxyl groups is 1. The monoisotopic (exact) mass is 518 g/mol. The van der Waals surface area contributed by atoms with E-state index >= 15 is 0 Å². The second-order valence-corrected chi connectivity index (χ2v) is 10.3. The standard InChI is InChI=1S/C28H26N2O6S/c1-14(2)17-5-7-18(8-6-17)23-22(24(32)19-9-10-20-21(13-19)36-12-11-35-20)25(33)27(34)30(23)28-29-15(3)26(37-28)16(4)31/h5-10,13-14,23,32H,11-12H2,1-4H3/b24-22+/t23-/m0/s1. The third-order valence-electron chi connectivity index (χ3n) is 6.49. The number of hydrogen-bond donors (Lipinski definition) is 1. The van der Waals surface area contributed by atoms with Crippen LogP contribution in [0.15, 0.2) is 48.0 Å². The molecule has 2 aromatic carbocycles. The van der Waals surface area contributed by atoms with Gasteiger partial charge in [-0.3, -0.25) is 19.3 Å². The van der Waals surface area contributed by atoms with Gasteiger partial charge in [-0.05, 0) is 42.2 Å². The number of amides is 1. The molecule has 0 radical (unpaired) electrons. The minimum atomic E-state index is -0.931. The maximum atomic E-state index is 13.4.